The summed E-state index contributed by atoms with van der Waals surface area (Å²) in [5.74, 6) is 0.825. The van der Waals surface area contributed by atoms with Gasteiger partial charge in [-0.2, -0.15) is 10.4 Å². The van der Waals surface area contributed by atoms with Crippen LogP contribution in [0.2, 0.25) is 0 Å². The van der Waals surface area contributed by atoms with E-state index in [0.29, 0.717) is 17.2 Å². The van der Waals surface area contributed by atoms with Crippen LogP contribution in [0.5, 0.6) is 0 Å². The number of aromatic amines is 1. The second-order valence-corrected chi connectivity index (χ2v) is 2.77. The Morgan fingerprint density at radius 3 is 2.83 bits per heavy atom. The number of nitrogens with zero attached hydrogens (tertiary/aromatic N) is 2. The molecule has 0 aliphatic heterocycles. The predicted octanol–water partition coefficient (Wildman–Crippen LogP) is 0.684. The van der Waals surface area contributed by atoms with E-state index in [0.717, 1.165) is 0 Å². The Hall–Kier alpha value is -1.70. The van der Waals surface area contributed by atoms with E-state index in [1.807, 2.05) is 19.9 Å². The first-order valence-electron chi connectivity index (χ1n) is 3.65. The third-order valence-corrected chi connectivity index (χ3v) is 1.33. The van der Waals surface area contributed by atoms with Crippen molar-refractivity contribution in [3.05, 3.63) is 5.56 Å². The fourth-order valence-electron chi connectivity index (χ4n) is 0.847. The Bertz CT molecular complexity index is 306. The summed E-state index contributed by atoms with van der Waals surface area (Å²) in [6.07, 6.45) is 0. The van der Waals surface area contributed by atoms with E-state index < -0.39 is 0 Å². The quantitative estimate of drug-likeness (QED) is 0.601. The second kappa shape index (κ2) is 3.13. The van der Waals surface area contributed by atoms with Crippen molar-refractivity contribution in [3.8, 4) is 6.07 Å². The minimum Gasteiger partial charge on any atom is -0.383 e. The summed E-state index contributed by atoms with van der Waals surface area (Å²) in [6.45, 7) is 3.93. The average Bonchev–Trinajstić information content (AvgIpc) is 2.30. The molecule has 0 spiro atoms. The van der Waals surface area contributed by atoms with Gasteiger partial charge in [-0.05, 0) is 13.8 Å². The first kappa shape index (κ1) is 8.40. The summed E-state index contributed by atoms with van der Waals surface area (Å²) in [5.41, 5.74) is 5.83. The zero-order chi connectivity index (χ0) is 9.14. The summed E-state index contributed by atoms with van der Waals surface area (Å²) in [4.78, 5) is 0. The van der Waals surface area contributed by atoms with Crippen molar-refractivity contribution in [1.82, 2.24) is 10.2 Å². The Morgan fingerprint density at radius 1 is 1.67 bits per heavy atom. The van der Waals surface area contributed by atoms with Gasteiger partial charge in [0, 0.05) is 6.04 Å². The van der Waals surface area contributed by atoms with Gasteiger partial charge in [-0.3, -0.25) is 5.10 Å². The van der Waals surface area contributed by atoms with E-state index in [1.54, 1.807) is 0 Å². The molecular weight excluding hydrogens is 154 g/mol. The second-order valence-electron chi connectivity index (χ2n) is 2.77. The molecule has 0 saturated heterocycles. The van der Waals surface area contributed by atoms with Gasteiger partial charge in [-0.25, -0.2) is 0 Å². The molecule has 1 rings (SSSR count). The lowest BCUT2D eigenvalue weighted by atomic mass is 10.3. The van der Waals surface area contributed by atoms with E-state index in [4.69, 9.17) is 11.0 Å². The van der Waals surface area contributed by atoms with Crippen LogP contribution in [0.4, 0.5) is 11.6 Å². The van der Waals surface area contributed by atoms with E-state index in [1.165, 1.54) is 0 Å². The molecule has 1 heterocycles. The molecule has 12 heavy (non-hydrogen) atoms. The molecule has 0 bridgehead atoms. The third-order valence-electron chi connectivity index (χ3n) is 1.33. The number of nitrogens with two attached hydrogens (primary N) is 1. The number of hydrogen-bond donors (Lipinski definition) is 3. The molecule has 0 aliphatic carbocycles. The molecule has 0 amide bonds. The van der Waals surface area contributed by atoms with E-state index in [9.17, 15) is 0 Å². The topological polar surface area (TPSA) is 90.5 Å². The Labute approximate surface area is 70.6 Å². The van der Waals surface area contributed by atoms with Gasteiger partial charge < -0.3 is 11.1 Å². The van der Waals surface area contributed by atoms with E-state index in [-0.39, 0.29) is 6.04 Å². The van der Waals surface area contributed by atoms with Gasteiger partial charge in [0.15, 0.2) is 5.82 Å². The SMILES string of the molecule is CC(C)Nc1n[nH]c(N)c1C#N. The maximum absolute atomic E-state index is 8.67. The molecule has 0 saturated carbocycles. The number of nitrogen functional groups attached to an aromatic ring is 1. The number of hydrogen-bond acceptors (Lipinski definition) is 4. The van der Waals surface area contributed by atoms with Gasteiger partial charge >= 0.3 is 0 Å². The highest BCUT2D eigenvalue weighted by atomic mass is 15.2. The number of nitriles is 1. The maximum atomic E-state index is 8.67. The number of nitrogens with one attached hydrogen (secondary N) is 2. The van der Waals surface area contributed by atoms with Crippen LogP contribution in [0.1, 0.15) is 19.4 Å². The zero-order valence-electron chi connectivity index (χ0n) is 7.05. The minimum atomic E-state index is 0.236. The highest BCUT2D eigenvalue weighted by molar-refractivity contribution is 5.63. The Morgan fingerprint density at radius 2 is 2.33 bits per heavy atom. The van der Waals surface area contributed by atoms with Gasteiger partial charge in [0.25, 0.3) is 0 Å². The fraction of sp³-hybridized carbons (Fsp3) is 0.429. The monoisotopic (exact) mass is 165 g/mol. The van der Waals surface area contributed by atoms with Crippen molar-refractivity contribution in [2.45, 2.75) is 19.9 Å². The van der Waals surface area contributed by atoms with Gasteiger partial charge in [-0.1, -0.05) is 0 Å². The number of H-pyrrole nitrogens is 1. The summed E-state index contributed by atoms with van der Waals surface area (Å²) < 4.78 is 0. The lowest BCUT2D eigenvalue weighted by molar-refractivity contribution is 0.884. The standard InChI is InChI=1S/C7H11N5/c1-4(2)10-7-5(3-8)6(9)11-12-7/h4H,1-2H3,(H4,9,10,11,12). The fourth-order valence-corrected chi connectivity index (χ4v) is 0.847. The molecule has 0 fully saturated rings. The highest BCUT2D eigenvalue weighted by Gasteiger charge is 2.10. The molecule has 5 nitrogen and oxygen atoms in total. The summed E-state index contributed by atoms with van der Waals surface area (Å²) in [7, 11) is 0. The van der Waals surface area contributed by atoms with Crippen LogP contribution in [0.25, 0.3) is 0 Å². The lowest BCUT2D eigenvalue weighted by Crippen LogP contribution is -2.10. The summed E-state index contributed by atoms with van der Waals surface area (Å²) >= 11 is 0. The van der Waals surface area contributed by atoms with Gasteiger partial charge in [0.2, 0.25) is 0 Å². The maximum Gasteiger partial charge on any atom is 0.168 e. The smallest absolute Gasteiger partial charge is 0.168 e. The van der Waals surface area contributed by atoms with Crippen molar-refractivity contribution in [2.24, 2.45) is 0 Å². The largest absolute Gasteiger partial charge is 0.383 e. The van der Waals surface area contributed by atoms with Crippen molar-refractivity contribution in [3.63, 3.8) is 0 Å². The first-order valence-corrected chi connectivity index (χ1v) is 3.65. The van der Waals surface area contributed by atoms with Gasteiger partial charge in [0.1, 0.15) is 17.5 Å². The molecule has 0 atom stereocenters. The molecule has 0 radical (unpaired) electrons. The van der Waals surface area contributed by atoms with Gasteiger partial charge in [-0.15, -0.1) is 0 Å². The molecular formula is C7H11N5. The van der Waals surface area contributed by atoms with Gasteiger partial charge in [0.05, 0.1) is 0 Å². The van der Waals surface area contributed by atoms with Crippen LogP contribution in [0, 0.1) is 11.3 Å². The van der Waals surface area contributed by atoms with Crippen LogP contribution in [0.3, 0.4) is 0 Å². The van der Waals surface area contributed by atoms with Crippen molar-refractivity contribution in [1.29, 1.82) is 5.26 Å². The number of aromatic nitrogens is 2. The van der Waals surface area contributed by atoms with Crippen LogP contribution < -0.4 is 11.1 Å². The number of rotatable bonds is 2. The highest BCUT2D eigenvalue weighted by Crippen LogP contribution is 2.16. The molecule has 0 unspecified atom stereocenters. The van der Waals surface area contributed by atoms with Crippen LogP contribution in [0.15, 0.2) is 0 Å². The normalized spacial score (nSPS) is 9.83. The molecule has 64 valence electrons. The third kappa shape index (κ3) is 1.48. The summed E-state index contributed by atoms with van der Waals surface area (Å²) in [5, 5.41) is 18.1. The minimum absolute atomic E-state index is 0.236. The van der Waals surface area contributed by atoms with Crippen LogP contribution in [-0.2, 0) is 0 Å². The zero-order valence-corrected chi connectivity index (χ0v) is 7.05. The molecule has 5 heteroatoms. The number of anilines is 2. The van der Waals surface area contributed by atoms with Crippen molar-refractivity contribution >= 4 is 11.6 Å². The first-order chi connectivity index (χ1) is 5.65. The Balaban J connectivity index is 2.94. The van der Waals surface area contributed by atoms with Crippen LogP contribution in [-0.4, -0.2) is 16.2 Å². The van der Waals surface area contributed by atoms with Crippen LogP contribution >= 0.6 is 0 Å². The molecule has 1 aromatic rings. The van der Waals surface area contributed by atoms with Crippen molar-refractivity contribution < 1.29 is 0 Å². The van der Waals surface area contributed by atoms with Crippen molar-refractivity contribution in [2.75, 3.05) is 11.1 Å². The average molecular weight is 165 g/mol. The molecule has 0 aromatic carbocycles. The predicted molar refractivity (Wildman–Crippen MR) is 46.5 cm³/mol. The molecule has 1 aromatic heterocycles. The van der Waals surface area contributed by atoms with E-state index >= 15 is 0 Å². The molecule has 0 aliphatic rings. The lowest BCUT2D eigenvalue weighted by Gasteiger charge is -2.05. The Kier molecular flexibility index (Phi) is 2.19. The van der Waals surface area contributed by atoms with E-state index in [2.05, 4.69) is 15.5 Å². The molecule has 4 N–H and O–H groups in total. The summed E-state index contributed by atoms with van der Waals surface area (Å²) in [6, 6.07) is 2.20.